The Morgan fingerprint density at radius 2 is 2.00 bits per heavy atom. The maximum Gasteiger partial charge on any atom is 0.189 e. The monoisotopic (exact) mass is 211 g/mol. The molecule has 0 bridgehead atoms. The Labute approximate surface area is 87.2 Å². The van der Waals surface area contributed by atoms with Crippen LogP contribution < -0.4 is 0 Å². The lowest BCUT2D eigenvalue weighted by molar-refractivity contribution is -0.117. The molecule has 0 saturated carbocycles. The van der Waals surface area contributed by atoms with Crippen molar-refractivity contribution in [1.82, 2.24) is 4.98 Å². The van der Waals surface area contributed by atoms with Crippen molar-refractivity contribution in [2.24, 2.45) is 0 Å². The highest BCUT2D eigenvalue weighted by Crippen LogP contribution is 2.17. The van der Waals surface area contributed by atoms with Crippen LogP contribution in [0, 0.1) is 13.8 Å². The summed E-state index contributed by atoms with van der Waals surface area (Å²) < 4.78 is 0. The Morgan fingerprint density at radius 3 is 2.43 bits per heavy atom. The van der Waals surface area contributed by atoms with Gasteiger partial charge in [-0.2, -0.15) is 0 Å². The lowest BCUT2D eigenvalue weighted by atomic mass is 10.1. The first-order valence-electron chi connectivity index (χ1n) is 4.53. The van der Waals surface area contributed by atoms with Gasteiger partial charge in [-0.05, 0) is 13.8 Å². The quantitative estimate of drug-likeness (QED) is 0.567. The van der Waals surface area contributed by atoms with Crippen LogP contribution in [-0.2, 0) is 4.79 Å². The second-order valence-corrected chi connectivity index (χ2v) is 4.54. The van der Waals surface area contributed by atoms with Crippen LogP contribution in [0.1, 0.15) is 40.1 Å². The fourth-order valence-electron chi connectivity index (χ4n) is 1.18. The van der Waals surface area contributed by atoms with Gasteiger partial charge in [-0.25, -0.2) is 4.98 Å². The Bertz CT molecular complexity index is 368. The zero-order valence-corrected chi connectivity index (χ0v) is 9.40. The van der Waals surface area contributed by atoms with Crippen molar-refractivity contribution in [2.45, 2.75) is 33.6 Å². The molecule has 0 aliphatic rings. The van der Waals surface area contributed by atoms with E-state index < -0.39 is 0 Å². The fourth-order valence-corrected chi connectivity index (χ4v) is 2.01. The van der Waals surface area contributed by atoms with Crippen molar-refractivity contribution in [3.63, 3.8) is 0 Å². The summed E-state index contributed by atoms with van der Waals surface area (Å²) in [6.45, 7) is 5.47. The molecule has 0 unspecified atom stereocenters. The van der Waals surface area contributed by atoms with E-state index in [1.54, 1.807) is 6.92 Å². The van der Waals surface area contributed by atoms with Crippen molar-refractivity contribution in [1.29, 1.82) is 0 Å². The minimum atomic E-state index is -0.154. The van der Waals surface area contributed by atoms with Crippen LogP contribution >= 0.6 is 11.3 Å². The lowest BCUT2D eigenvalue weighted by Gasteiger charge is -1.95. The van der Waals surface area contributed by atoms with Gasteiger partial charge >= 0.3 is 0 Å². The van der Waals surface area contributed by atoms with Gasteiger partial charge in [0.2, 0.25) is 0 Å². The number of hydrogen-bond donors (Lipinski definition) is 0. The molecular formula is C10H13NO2S. The van der Waals surface area contributed by atoms with Gasteiger partial charge in [0.25, 0.3) is 0 Å². The maximum atomic E-state index is 11.6. The molecule has 0 aliphatic heterocycles. The van der Waals surface area contributed by atoms with E-state index in [1.165, 1.54) is 11.3 Å². The average Bonchev–Trinajstić information content (AvgIpc) is 2.45. The Morgan fingerprint density at radius 1 is 1.36 bits per heavy atom. The summed E-state index contributed by atoms with van der Waals surface area (Å²) in [5, 5.41) is 0.870. The van der Waals surface area contributed by atoms with Crippen molar-refractivity contribution >= 4 is 22.9 Å². The van der Waals surface area contributed by atoms with E-state index in [0.717, 1.165) is 9.88 Å². The van der Waals surface area contributed by atoms with Gasteiger partial charge in [0.1, 0.15) is 11.5 Å². The Balaban J connectivity index is 2.79. The molecule has 0 aliphatic carbocycles. The standard InChI is InChI=1S/C10H13NO2S/c1-4-8(12)5-9(13)10-6(2)14-7(3)11-10/h4-5H2,1-3H3. The molecule has 0 saturated heterocycles. The second kappa shape index (κ2) is 4.46. The zero-order valence-electron chi connectivity index (χ0n) is 8.59. The van der Waals surface area contributed by atoms with Crippen molar-refractivity contribution in [3.05, 3.63) is 15.6 Å². The first kappa shape index (κ1) is 11.0. The van der Waals surface area contributed by atoms with Crippen LogP contribution in [-0.4, -0.2) is 16.6 Å². The van der Waals surface area contributed by atoms with Gasteiger partial charge < -0.3 is 0 Å². The van der Waals surface area contributed by atoms with Gasteiger partial charge in [-0.15, -0.1) is 11.3 Å². The Hall–Kier alpha value is -1.03. The third-order valence-electron chi connectivity index (χ3n) is 1.92. The van der Waals surface area contributed by atoms with E-state index in [1.807, 2.05) is 13.8 Å². The third kappa shape index (κ3) is 2.48. The molecule has 1 heterocycles. The molecule has 0 atom stereocenters. The predicted octanol–water partition coefficient (Wildman–Crippen LogP) is 2.31. The highest BCUT2D eigenvalue weighted by molar-refractivity contribution is 7.11. The normalized spacial score (nSPS) is 10.2. The smallest absolute Gasteiger partial charge is 0.189 e. The number of nitrogens with zero attached hydrogens (tertiary/aromatic N) is 1. The fraction of sp³-hybridized carbons (Fsp3) is 0.500. The first-order chi connectivity index (χ1) is 6.54. The molecule has 0 spiro atoms. The molecule has 4 heteroatoms. The molecule has 3 nitrogen and oxygen atoms in total. The van der Waals surface area contributed by atoms with E-state index in [0.29, 0.717) is 12.1 Å². The zero-order chi connectivity index (χ0) is 10.7. The topological polar surface area (TPSA) is 47.0 Å². The molecule has 1 aromatic rings. The van der Waals surface area contributed by atoms with Gasteiger partial charge in [0.15, 0.2) is 5.78 Å². The number of carbonyl (C=O) groups is 2. The molecule has 1 rings (SSSR count). The number of aromatic nitrogens is 1. The highest BCUT2D eigenvalue weighted by Gasteiger charge is 2.16. The van der Waals surface area contributed by atoms with Gasteiger partial charge in [-0.1, -0.05) is 6.92 Å². The SMILES string of the molecule is CCC(=O)CC(=O)c1nc(C)sc1C. The molecule has 0 radical (unpaired) electrons. The summed E-state index contributed by atoms with van der Waals surface area (Å²) >= 11 is 1.49. The number of Topliss-reactive ketones (excluding diaryl/α,β-unsaturated/α-hetero) is 2. The van der Waals surface area contributed by atoms with E-state index in [4.69, 9.17) is 0 Å². The largest absolute Gasteiger partial charge is 0.299 e. The van der Waals surface area contributed by atoms with Crippen molar-refractivity contribution in [3.8, 4) is 0 Å². The highest BCUT2D eigenvalue weighted by atomic mass is 32.1. The number of thiazole rings is 1. The predicted molar refractivity (Wildman–Crippen MR) is 55.8 cm³/mol. The summed E-state index contributed by atoms with van der Waals surface area (Å²) in [4.78, 5) is 27.7. The number of ketones is 2. The van der Waals surface area contributed by atoms with Gasteiger partial charge in [0.05, 0.1) is 11.4 Å². The molecule has 1 aromatic heterocycles. The number of hydrogen-bond acceptors (Lipinski definition) is 4. The number of carbonyl (C=O) groups excluding carboxylic acids is 2. The van der Waals surface area contributed by atoms with Crippen LogP contribution in [0.25, 0.3) is 0 Å². The molecular weight excluding hydrogens is 198 g/mol. The van der Waals surface area contributed by atoms with E-state index >= 15 is 0 Å². The summed E-state index contributed by atoms with van der Waals surface area (Å²) in [5.74, 6) is -0.182. The number of rotatable bonds is 4. The van der Waals surface area contributed by atoms with E-state index in [-0.39, 0.29) is 18.0 Å². The van der Waals surface area contributed by atoms with Crippen molar-refractivity contribution in [2.75, 3.05) is 0 Å². The van der Waals surface area contributed by atoms with E-state index in [9.17, 15) is 9.59 Å². The summed E-state index contributed by atoms with van der Waals surface area (Å²) in [6, 6.07) is 0. The number of aryl methyl sites for hydroxylation is 2. The molecule has 76 valence electrons. The van der Waals surface area contributed by atoms with Gasteiger partial charge in [-0.3, -0.25) is 9.59 Å². The maximum absolute atomic E-state index is 11.6. The lowest BCUT2D eigenvalue weighted by Crippen LogP contribution is -2.08. The molecule has 0 amide bonds. The molecule has 0 fully saturated rings. The minimum Gasteiger partial charge on any atom is -0.299 e. The van der Waals surface area contributed by atoms with Crippen LogP contribution in [0.5, 0.6) is 0 Å². The van der Waals surface area contributed by atoms with Crippen LogP contribution in [0.15, 0.2) is 0 Å². The summed E-state index contributed by atoms with van der Waals surface area (Å²) in [7, 11) is 0. The van der Waals surface area contributed by atoms with Crippen molar-refractivity contribution < 1.29 is 9.59 Å². The van der Waals surface area contributed by atoms with Gasteiger partial charge in [0, 0.05) is 11.3 Å². The average molecular weight is 211 g/mol. The molecule has 0 aromatic carbocycles. The van der Waals surface area contributed by atoms with E-state index in [2.05, 4.69) is 4.98 Å². The van der Waals surface area contributed by atoms with Crippen LogP contribution in [0.4, 0.5) is 0 Å². The summed E-state index contributed by atoms with van der Waals surface area (Å²) in [5.41, 5.74) is 0.467. The molecule has 0 N–H and O–H groups in total. The van der Waals surface area contributed by atoms with Crippen LogP contribution in [0.3, 0.4) is 0 Å². The third-order valence-corrected chi connectivity index (χ3v) is 2.81. The second-order valence-electron chi connectivity index (χ2n) is 3.13. The molecule has 14 heavy (non-hydrogen) atoms. The van der Waals surface area contributed by atoms with Crippen LogP contribution in [0.2, 0.25) is 0 Å². The Kier molecular flexibility index (Phi) is 3.52. The summed E-state index contributed by atoms with van der Waals surface area (Å²) in [6.07, 6.45) is 0.397. The first-order valence-corrected chi connectivity index (χ1v) is 5.35. The minimum absolute atomic E-state index is 0.0134.